The molecule has 0 fully saturated rings. The number of aromatic carboxylic acids is 1. The molecular formula is C20H16N2O4S. The van der Waals surface area contributed by atoms with Crippen molar-refractivity contribution in [3.05, 3.63) is 65.7 Å². The molecule has 1 atom stereocenters. The van der Waals surface area contributed by atoms with E-state index in [2.05, 4.69) is 4.72 Å². The second-order valence-corrected chi connectivity index (χ2v) is 7.26. The van der Waals surface area contributed by atoms with Gasteiger partial charge in [0.25, 0.3) is 5.91 Å². The predicted molar refractivity (Wildman–Crippen MR) is 105 cm³/mol. The van der Waals surface area contributed by atoms with E-state index < -0.39 is 17.0 Å². The quantitative estimate of drug-likeness (QED) is 0.707. The van der Waals surface area contributed by atoms with E-state index in [-0.39, 0.29) is 17.2 Å². The predicted octanol–water partition coefficient (Wildman–Crippen LogP) is 3.65. The number of hydrogen-bond donors (Lipinski definition) is 2. The van der Waals surface area contributed by atoms with Gasteiger partial charge >= 0.3 is 5.97 Å². The molecule has 1 heterocycles. The summed E-state index contributed by atoms with van der Waals surface area (Å²) in [6, 6.07) is 15.2. The number of carboxylic acid groups (broad SMARTS) is 1. The number of anilines is 2. The number of amides is 1. The first-order valence-corrected chi connectivity index (χ1v) is 9.56. The van der Waals surface area contributed by atoms with Gasteiger partial charge in [0.2, 0.25) is 0 Å². The Balaban J connectivity index is 1.81. The number of benzene rings is 3. The largest absolute Gasteiger partial charge is 0.478 e. The Kier molecular flexibility index (Phi) is 4.16. The first-order chi connectivity index (χ1) is 13.0. The number of carbonyl (C=O) groups excluding carboxylic acids is 1. The summed E-state index contributed by atoms with van der Waals surface area (Å²) < 4.78 is 15.8. The summed E-state index contributed by atoms with van der Waals surface area (Å²) >= 11 is 0. The fraction of sp³-hybridized carbons (Fsp3) is 0.100. The van der Waals surface area contributed by atoms with Crippen LogP contribution in [0.3, 0.4) is 0 Å². The second-order valence-electron chi connectivity index (χ2n) is 6.08. The number of rotatable bonds is 5. The first-order valence-electron chi connectivity index (χ1n) is 8.41. The van der Waals surface area contributed by atoms with Gasteiger partial charge in [-0.2, -0.15) is 0 Å². The minimum atomic E-state index is -1.69. The van der Waals surface area contributed by atoms with Crippen LogP contribution in [0.15, 0.2) is 59.5 Å². The molecule has 1 aliphatic heterocycles. The van der Waals surface area contributed by atoms with E-state index in [0.29, 0.717) is 22.4 Å². The number of nitrogens with one attached hydrogen (secondary N) is 1. The Bertz CT molecular complexity index is 1130. The van der Waals surface area contributed by atoms with Crippen molar-refractivity contribution in [2.45, 2.75) is 11.8 Å². The minimum Gasteiger partial charge on any atom is -0.478 e. The van der Waals surface area contributed by atoms with Crippen molar-refractivity contribution in [1.29, 1.82) is 0 Å². The molecule has 0 bridgehead atoms. The van der Waals surface area contributed by atoms with Gasteiger partial charge in [0.15, 0.2) is 11.0 Å². The van der Waals surface area contributed by atoms with Gasteiger partial charge in [0, 0.05) is 22.9 Å². The first kappa shape index (κ1) is 17.2. The average molecular weight is 380 g/mol. The molecule has 6 nitrogen and oxygen atoms in total. The second kappa shape index (κ2) is 6.51. The summed E-state index contributed by atoms with van der Waals surface area (Å²) in [7, 11) is -1.69. The molecule has 0 saturated carbocycles. The lowest BCUT2D eigenvalue weighted by atomic mass is 10.1. The van der Waals surface area contributed by atoms with Crippen molar-refractivity contribution in [3.63, 3.8) is 0 Å². The molecule has 3 aromatic rings. The molecule has 0 aliphatic carbocycles. The molecule has 2 N–H and O–H groups in total. The molecule has 136 valence electrons. The SMILES string of the molecule is CCN1C(=O)c2cccc3c(S(=O)Nc4ccccc4C(=O)O)ccc1c23. The van der Waals surface area contributed by atoms with E-state index in [1.807, 2.05) is 13.0 Å². The molecule has 0 spiro atoms. The molecule has 0 radical (unpaired) electrons. The van der Waals surface area contributed by atoms with E-state index in [9.17, 15) is 18.9 Å². The Morgan fingerprint density at radius 2 is 1.89 bits per heavy atom. The van der Waals surface area contributed by atoms with Gasteiger partial charge in [-0.15, -0.1) is 0 Å². The van der Waals surface area contributed by atoms with Crippen LogP contribution >= 0.6 is 0 Å². The highest BCUT2D eigenvalue weighted by Gasteiger charge is 2.30. The number of carbonyl (C=O) groups is 2. The smallest absolute Gasteiger partial charge is 0.337 e. The summed E-state index contributed by atoms with van der Waals surface area (Å²) in [5, 5.41) is 10.8. The van der Waals surface area contributed by atoms with Crippen LogP contribution in [-0.4, -0.2) is 27.7 Å². The van der Waals surface area contributed by atoms with E-state index in [0.717, 1.165) is 11.1 Å². The summed E-state index contributed by atoms with van der Waals surface area (Å²) in [5.41, 5.74) is 1.72. The molecule has 7 heteroatoms. The van der Waals surface area contributed by atoms with E-state index in [1.54, 1.807) is 47.4 Å². The molecule has 1 aliphatic rings. The van der Waals surface area contributed by atoms with Crippen molar-refractivity contribution in [2.75, 3.05) is 16.2 Å². The number of hydrogen-bond acceptors (Lipinski definition) is 3. The van der Waals surface area contributed by atoms with Crippen LogP contribution in [0, 0.1) is 0 Å². The maximum absolute atomic E-state index is 13.0. The third kappa shape index (κ3) is 2.67. The van der Waals surface area contributed by atoms with Crippen LogP contribution in [0.1, 0.15) is 27.6 Å². The average Bonchev–Trinajstić information content (AvgIpc) is 2.95. The Labute approximate surface area is 158 Å². The normalized spacial score (nSPS) is 13.8. The zero-order chi connectivity index (χ0) is 19.1. The molecule has 4 rings (SSSR count). The summed E-state index contributed by atoms with van der Waals surface area (Å²) in [6.45, 7) is 2.46. The molecular weight excluding hydrogens is 364 g/mol. The molecule has 3 aromatic carbocycles. The van der Waals surface area contributed by atoms with Crippen molar-refractivity contribution in [3.8, 4) is 0 Å². The highest BCUT2D eigenvalue weighted by atomic mass is 32.2. The fourth-order valence-corrected chi connectivity index (χ4v) is 4.46. The van der Waals surface area contributed by atoms with Gasteiger partial charge in [-0.05, 0) is 37.3 Å². The van der Waals surface area contributed by atoms with Crippen LogP contribution < -0.4 is 9.62 Å². The van der Waals surface area contributed by atoms with Crippen molar-refractivity contribution in [2.24, 2.45) is 0 Å². The summed E-state index contributed by atoms with van der Waals surface area (Å²) in [5.74, 6) is -1.16. The standard InChI is InChI=1S/C20H16N2O4S/c1-2-22-16-10-11-17(13-7-5-8-14(18(13)16)19(22)23)27(26)21-15-9-4-3-6-12(15)20(24)25/h3-11,21H,2H2,1H3,(H,24,25). The van der Waals surface area contributed by atoms with E-state index >= 15 is 0 Å². The Morgan fingerprint density at radius 1 is 1.11 bits per heavy atom. The molecule has 1 unspecified atom stereocenters. The van der Waals surface area contributed by atoms with Crippen molar-refractivity contribution < 1.29 is 18.9 Å². The van der Waals surface area contributed by atoms with Gasteiger partial charge in [-0.3, -0.25) is 4.79 Å². The van der Waals surface area contributed by atoms with Crippen LogP contribution in [0.5, 0.6) is 0 Å². The minimum absolute atomic E-state index is 0.0455. The lowest BCUT2D eigenvalue weighted by Gasteiger charge is -2.15. The van der Waals surface area contributed by atoms with Crippen LogP contribution in [-0.2, 0) is 11.0 Å². The monoisotopic (exact) mass is 380 g/mol. The molecule has 27 heavy (non-hydrogen) atoms. The number of carboxylic acids is 1. The van der Waals surface area contributed by atoms with Gasteiger partial charge in [-0.1, -0.05) is 24.3 Å². The Morgan fingerprint density at radius 3 is 2.63 bits per heavy atom. The molecule has 1 amide bonds. The van der Waals surface area contributed by atoms with E-state index in [4.69, 9.17) is 0 Å². The highest BCUT2D eigenvalue weighted by molar-refractivity contribution is 7.86. The summed E-state index contributed by atoms with van der Waals surface area (Å²) in [4.78, 5) is 26.1. The van der Waals surface area contributed by atoms with E-state index in [1.165, 1.54) is 6.07 Å². The van der Waals surface area contributed by atoms with Crippen LogP contribution in [0.4, 0.5) is 11.4 Å². The third-order valence-electron chi connectivity index (χ3n) is 4.62. The third-order valence-corrected chi connectivity index (χ3v) is 5.78. The Hall–Kier alpha value is -3.19. The fourth-order valence-electron chi connectivity index (χ4n) is 3.41. The highest BCUT2D eigenvalue weighted by Crippen LogP contribution is 2.39. The van der Waals surface area contributed by atoms with Gasteiger partial charge < -0.3 is 14.7 Å². The van der Waals surface area contributed by atoms with Gasteiger partial charge in [-0.25, -0.2) is 9.00 Å². The van der Waals surface area contributed by atoms with Crippen molar-refractivity contribution in [1.82, 2.24) is 0 Å². The lowest BCUT2D eigenvalue weighted by Crippen LogP contribution is -2.25. The maximum atomic E-state index is 13.0. The zero-order valence-electron chi connectivity index (χ0n) is 14.4. The van der Waals surface area contributed by atoms with Crippen LogP contribution in [0.2, 0.25) is 0 Å². The molecule has 0 aromatic heterocycles. The maximum Gasteiger partial charge on any atom is 0.337 e. The summed E-state index contributed by atoms with van der Waals surface area (Å²) in [6.07, 6.45) is 0. The number of nitrogens with zero attached hydrogens (tertiary/aromatic N) is 1. The lowest BCUT2D eigenvalue weighted by molar-refractivity contribution is 0.0698. The van der Waals surface area contributed by atoms with Crippen molar-refractivity contribution >= 4 is 45.0 Å². The molecule has 0 saturated heterocycles. The van der Waals surface area contributed by atoms with Crippen LogP contribution in [0.25, 0.3) is 10.8 Å². The topological polar surface area (TPSA) is 86.7 Å². The van der Waals surface area contributed by atoms with Gasteiger partial charge in [0.1, 0.15) is 0 Å². The number of para-hydroxylation sites is 1. The van der Waals surface area contributed by atoms with Gasteiger partial charge in [0.05, 0.1) is 21.8 Å². The zero-order valence-corrected chi connectivity index (χ0v) is 15.2.